The summed E-state index contributed by atoms with van der Waals surface area (Å²) in [5, 5.41) is 9.99. The van der Waals surface area contributed by atoms with E-state index in [2.05, 4.69) is 50.0 Å². The SMILES string of the molecule is CC(C)(C)c1ccc([C@H]2c3sc(=O)[nH]c3SC3C4CC(C5C(=O)N(CCCCCC(=O)O)C(=O)C45)C32)cc1. The molecule has 6 rings (SSSR count). The number of carbonyl (C=O) groups excluding carboxylic acids is 2. The number of H-pyrrole nitrogens is 1. The molecule has 6 unspecified atom stereocenters. The third kappa shape index (κ3) is 4.08. The predicted molar refractivity (Wildman–Crippen MR) is 146 cm³/mol. The Morgan fingerprint density at radius 1 is 1.03 bits per heavy atom. The van der Waals surface area contributed by atoms with Crippen molar-refractivity contribution in [1.29, 1.82) is 0 Å². The van der Waals surface area contributed by atoms with Gasteiger partial charge < -0.3 is 10.1 Å². The van der Waals surface area contributed by atoms with Crippen LogP contribution in [0, 0.1) is 29.6 Å². The molecule has 9 heteroatoms. The van der Waals surface area contributed by atoms with Crippen LogP contribution in [0.25, 0.3) is 0 Å². The number of carboxylic acids is 1. The number of thioether (sulfide) groups is 1. The molecule has 3 fully saturated rings. The lowest BCUT2D eigenvalue weighted by Crippen LogP contribution is -2.42. The van der Waals surface area contributed by atoms with E-state index in [-0.39, 0.29) is 69.3 Å². The van der Waals surface area contributed by atoms with Gasteiger partial charge in [0, 0.05) is 29.0 Å². The highest BCUT2D eigenvalue weighted by atomic mass is 32.2. The highest BCUT2D eigenvalue weighted by Gasteiger charge is 2.69. The van der Waals surface area contributed by atoms with Gasteiger partial charge in [0.05, 0.1) is 16.9 Å². The van der Waals surface area contributed by atoms with Crippen LogP contribution in [0.3, 0.4) is 0 Å². The van der Waals surface area contributed by atoms with Crippen LogP contribution in [0.4, 0.5) is 0 Å². The lowest BCUT2D eigenvalue weighted by molar-refractivity contribution is -0.141. The third-order valence-corrected chi connectivity index (χ3v) is 11.8. The summed E-state index contributed by atoms with van der Waals surface area (Å²) in [5.74, 6) is -0.948. The number of amides is 2. The van der Waals surface area contributed by atoms with Crippen LogP contribution in [0.15, 0.2) is 34.1 Å². The van der Waals surface area contributed by atoms with Crippen molar-refractivity contribution in [2.45, 2.75) is 74.5 Å². The summed E-state index contributed by atoms with van der Waals surface area (Å²) in [7, 11) is 0. The van der Waals surface area contributed by atoms with Crippen molar-refractivity contribution < 1.29 is 19.5 Å². The molecule has 1 aromatic carbocycles. The third-order valence-electron chi connectivity index (χ3n) is 9.22. The van der Waals surface area contributed by atoms with Crippen molar-refractivity contribution >= 4 is 40.9 Å². The number of rotatable bonds is 7. The Hall–Kier alpha value is -2.39. The molecule has 2 aliphatic carbocycles. The number of hydrogen-bond acceptors (Lipinski definition) is 6. The van der Waals surface area contributed by atoms with Gasteiger partial charge in [-0.2, -0.15) is 0 Å². The predicted octanol–water partition coefficient (Wildman–Crippen LogP) is 4.85. The molecule has 2 amide bonds. The maximum Gasteiger partial charge on any atom is 0.305 e. The summed E-state index contributed by atoms with van der Waals surface area (Å²) in [6, 6.07) is 8.77. The number of aliphatic carboxylic acids is 1. The lowest BCUT2D eigenvalue weighted by Gasteiger charge is -2.43. The summed E-state index contributed by atoms with van der Waals surface area (Å²) in [4.78, 5) is 55.9. The number of thiazole rings is 1. The second-order valence-electron chi connectivity index (χ2n) is 12.4. The molecule has 1 saturated heterocycles. The van der Waals surface area contributed by atoms with Gasteiger partial charge in [-0.1, -0.05) is 62.8 Å². The summed E-state index contributed by atoms with van der Waals surface area (Å²) in [6.45, 7) is 6.97. The van der Waals surface area contributed by atoms with E-state index in [1.165, 1.54) is 27.4 Å². The highest BCUT2D eigenvalue weighted by Crippen LogP contribution is 2.68. The number of aromatic amines is 1. The summed E-state index contributed by atoms with van der Waals surface area (Å²) in [5.41, 5.74) is 2.48. The number of carboxylic acid groups (broad SMARTS) is 1. The van der Waals surface area contributed by atoms with Crippen molar-refractivity contribution in [1.82, 2.24) is 9.88 Å². The molecule has 2 aliphatic heterocycles. The van der Waals surface area contributed by atoms with Gasteiger partial charge in [-0.05, 0) is 53.6 Å². The number of likely N-dealkylation sites (tertiary alicyclic amines) is 1. The second kappa shape index (κ2) is 9.37. The van der Waals surface area contributed by atoms with Crippen molar-refractivity contribution in [2.24, 2.45) is 29.6 Å². The van der Waals surface area contributed by atoms with Crippen LogP contribution >= 0.6 is 23.1 Å². The monoisotopic (exact) mass is 554 g/mol. The highest BCUT2D eigenvalue weighted by molar-refractivity contribution is 8.00. The summed E-state index contributed by atoms with van der Waals surface area (Å²) < 4.78 is 0. The zero-order valence-corrected chi connectivity index (χ0v) is 23.6. The van der Waals surface area contributed by atoms with E-state index in [9.17, 15) is 19.2 Å². The number of benzene rings is 1. The van der Waals surface area contributed by atoms with Crippen LogP contribution < -0.4 is 4.87 Å². The quantitative estimate of drug-likeness (QED) is 0.374. The molecular formula is C29H34N2O5S2. The number of fused-ring (bicyclic) bond motifs is 9. The van der Waals surface area contributed by atoms with Gasteiger partial charge in [-0.25, -0.2) is 0 Å². The van der Waals surface area contributed by atoms with Gasteiger partial charge in [0.1, 0.15) is 0 Å². The van der Waals surface area contributed by atoms with Crippen molar-refractivity contribution in [3.63, 3.8) is 0 Å². The van der Waals surface area contributed by atoms with Crippen LogP contribution in [-0.2, 0) is 19.8 Å². The number of hydrogen-bond donors (Lipinski definition) is 2. The molecule has 2 bridgehead atoms. The molecule has 2 saturated carbocycles. The number of nitrogens with one attached hydrogen (secondary N) is 1. The van der Waals surface area contributed by atoms with Gasteiger partial charge in [0.25, 0.3) is 0 Å². The normalized spacial score (nSPS) is 31.4. The van der Waals surface area contributed by atoms with Crippen molar-refractivity contribution in [3.05, 3.63) is 49.9 Å². The second-order valence-corrected chi connectivity index (χ2v) is 14.6. The van der Waals surface area contributed by atoms with Gasteiger partial charge in [-0.15, -0.1) is 11.8 Å². The Kier molecular flexibility index (Phi) is 6.37. The van der Waals surface area contributed by atoms with E-state index in [1.54, 1.807) is 11.8 Å². The number of imide groups is 1. The minimum atomic E-state index is -0.818. The molecule has 202 valence electrons. The van der Waals surface area contributed by atoms with Gasteiger partial charge in [0.2, 0.25) is 11.8 Å². The van der Waals surface area contributed by atoms with Crippen LogP contribution in [0.2, 0.25) is 0 Å². The van der Waals surface area contributed by atoms with E-state index in [4.69, 9.17) is 5.11 Å². The number of aromatic nitrogens is 1. The fourth-order valence-corrected chi connectivity index (χ4v) is 10.5. The molecule has 0 radical (unpaired) electrons. The molecule has 4 aliphatic rings. The molecule has 7 atom stereocenters. The lowest BCUT2D eigenvalue weighted by atomic mass is 9.68. The van der Waals surface area contributed by atoms with Crippen LogP contribution in [0.5, 0.6) is 0 Å². The zero-order chi connectivity index (χ0) is 26.9. The van der Waals surface area contributed by atoms with Crippen molar-refractivity contribution in [2.75, 3.05) is 6.54 Å². The topological polar surface area (TPSA) is 108 Å². The average molecular weight is 555 g/mol. The minimum Gasteiger partial charge on any atom is -0.481 e. The smallest absolute Gasteiger partial charge is 0.305 e. The van der Waals surface area contributed by atoms with Crippen LogP contribution in [-0.4, -0.2) is 44.6 Å². The number of carbonyl (C=O) groups is 3. The largest absolute Gasteiger partial charge is 0.481 e. The Bertz CT molecular complexity index is 1340. The van der Waals surface area contributed by atoms with Gasteiger partial charge in [-0.3, -0.25) is 24.1 Å². The van der Waals surface area contributed by atoms with E-state index < -0.39 is 5.97 Å². The molecule has 0 spiro atoms. The molecule has 3 heterocycles. The molecule has 1 aromatic heterocycles. The van der Waals surface area contributed by atoms with E-state index in [1.807, 2.05) is 0 Å². The first-order valence-electron chi connectivity index (χ1n) is 13.6. The Morgan fingerprint density at radius 3 is 2.37 bits per heavy atom. The summed E-state index contributed by atoms with van der Waals surface area (Å²) >= 11 is 3.00. The number of nitrogens with zero attached hydrogens (tertiary/aromatic N) is 1. The van der Waals surface area contributed by atoms with E-state index >= 15 is 0 Å². The Labute approximate surface area is 230 Å². The molecular weight excluding hydrogens is 520 g/mol. The van der Waals surface area contributed by atoms with Gasteiger partial charge >= 0.3 is 10.8 Å². The minimum absolute atomic E-state index is 0.0379. The zero-order valence-electron chi connectivity index (χ0n) is 21.9. The van der Waals surface area contributed by atoms with Crippen molar-refractivity contribution in [3.8, 4) is 0 Å². The average Bonchev–Trinajstić information content (AvgIpc) is 3.58. The first-order valence-corrected chi connectivity index (χ1v) is 15.3. The maximum atomic E-state index is 13.6. The summed E-state index contributed by atoms with van der Waals surface area (Å²) in [6.07, 6.45) is 2.88. The molecule has 2 N–H and O–H groups in total. The Morgan fingerprint density at radius 2 is 1.71 bits per heavy atom. The Balaban J connectivity index is 1.29. The maximum absolute atomic E-state index is 13.6. The standard InChI is InChI=1S/C29H34N2O5S2/c1-29(2,3)15-10-8-14(9-11-15)19-20-16-13-17(23(20)37-25-24(19)38-28(36)30-25)22-21(16)26(34)31(27(22)35)12-6-4-5-7-18(32)33/h8-11,16-17,19-23H,4-7,12-13H2,1-3H3,(H,30,36)(H,32,33)/t16?,17?,19-,20?,21?,22?,23?/m1/s1. The van der Waals surface area contributed by atoms with E-state index in [0.29, 0.717) is 25.8 Å². The first kappa shape index (κ1) is 25.9. The van der Waals surface area contributed by atoms with E-state index in [0.717, 1.165) is 16.3 Å². The fourth-order valence-electron chi connectivity index (χ4n) is 7.59. The fraction of sp³-hybridized carbons (Fsp3) is 0.586. The van der Waals surface area contributed by atoms with Gasteiger partial charge in [0.15, 0.2) is 0 Å². The van der Waals surface area contributed by atoms with Crippen LogP contribution in [0.1, 0.15) is 74.8 Å². The number of unbranched alkanes of at least 4 members (excludes halogenated alkanes) is 2. The molecule has 2 aromatic rings. The first-order chi connectivity index (χ1) is 18.1. The molecule has 38 heavy (non-hydrogen) atoms. The molecule has 7 nitrogen and oxygen atoms in total.